The molecule has 1 aliphatic rings. The number of hydrogen-bond acceptors (Lipinski definition) is 4. The smallest absolute Gasteiger partial charge is 0.119 e. The van der Waals surface area contributed by atoms with Crippen LogP contribution in [-0.2, 0) is 4.74 Å². The predicted octanol–water partition coefficient (Wildman–Crippen LogP) is 1.80. The van der Waals surface area contributed by atoms with Gasteiger partial charge in [0.25, 0.3) is 0 Å². The van der Waals surface area contributed by atoms with Gasteiger partial charge in [-0.25, -0.2) is 0 Å². The van der Waals surface area contributed by atoms with Gasteiger partial charge in [0, 0.05) is 32.2 Å². The standard InChI is InChI=1S/C15H24N2O2.ClH/c1-14-13-16-7-8-17(14)9-10-18-11-12-19-15-5-3-2-4-6-15;/h2-6,14,16H,7-13H2,1H3;1H/t14-;/m1./s1. The van der Waals surface area contributed by atoms with Crippen LogP contribution >= 0.6 is 12.4 Å². The summed E-state index contributed by atoms with van der Waals surface area (Å²) in [5.41, 5.74) is 0. The molecule has 0 aromatic heterocycles. The molecule has 4 nitrogen and oxygen atoms in total. The molecule has 0 saturated carbocycles. The SMILES string of the molecule is C[C@@H]1CNCCN1CCOCCOc1ccccc1.Cl. The fourth-order valence-electron chi connectivity index (χ4n) is 2.23. The molecule has 1 saturated heterocycles. The van der Waals surface area contributed by atoms with Gasteiger partial charge in [0.1, 0.15) is 12.4 Å². The first kappa shape index (κ1) is 17.2. The second-order valence-corrected chi connectivity index (χ2v) is 4.86. The number of nitrogens with one attached hydrogen (secondary N) is 1. The number of rotatable bonds is 7. The van der Waals surface area contributed by atoms with E-state index in [9.17, 15) is 0 Å². The first-order valence-corrected chi connectivity index (χ1v) is 7.06. The third-order valence-electron chi connectivity index (χ3n) is 3.40. The molecule has 0 bridgehead atoms. The van der Waals surface area contributed by atoms with Crippen LogP contribution in [-0.4, -0.2) is 56.9 Å². The van der Waals surface area contributed by atoms with E-state index in [0.29, 0.717) is 19.3 Å². The van der Waals surface area contributed by atoms with Gasteiger partial charge in [-0.15, -0.1) is 12.4 Å². The minimum atomic E-state index is 0. The van der Waals surface area contributed by atoms with Gasteiger partial charge in [-0.3, -0.25) is 4.90 Å². The van der Waals surface area contributed by atoms with Crippen molar-refractivity contribution in [3.63, 3.8) is 0 Å². The van der Waals surface area contributed by atoms with Gasteiger partial charge < -0.3 is 14.8 Å². The summed E-state index contributed by atoms with van der Waals surface area (Å²) < 4.78 is 11.2. The molecular formula is C15H25ClN2O2. The second-order valence-electron chi connectivity index (χ2n) is 4.86. The van der Waals surface area contributed by atoms with Crippen molar-refractivity contribution < 1.29 is 9.47 Å². The zero-order valence-corrected chi connectivity index (χ0v) is 12.9. The maximum absolute atomic E-state index is 5.62. The molecular weight excluding hydrogens is 276 g/mol. The van der Waals surface area contributed by atoms with E-state index in [1.807, 2.05) is 30.3 Å². The maximum Gasteiger partial charge on any atom is 0.119 e. The summed E-state index contributed by atoms with van der Waals surface area (Å²) in [5, 5.41) is 3.39. The highest BCUT2D eigenvalue weighted by Gasteiger charge is 2.16. The molecule has 20 heavy (non-hydrogen) atoms. The quantitative estimate of drug-likeness (QED) is 0.779. The van der Waals surface area contributed by atoms with Gasteiger partial charge in [-0.05, 0) is 19.1 Å². The van der Waals surface area contributed by atoms with Gasteiger partial charge >= 0.3 is 0 Å². The van der Waals surface area contributed by atoms with Crippen LogP contribution in [0.25, 0.3) is 0 Å². The Labute approximate surface area is 127 Å². The minimum Gasteiger partial charge on any atom is -0.491 e. The third kappa shape index (κ3) is 6.09. The number of ether oxygens (including phenoxy) is 2. The van der Waals surface area contributed by atoms with Crippen LogP contribution in [0.4, 0.5) is 0 Å². The number of nitrogens with zero attached hydrogens (tertiary/aromatic N) is 1. The summed E-state index contributed by atoms with van der Waals surface area (Å²) in [6, 6.07) is 10.5. The average molecular weight is 301 g/mol. The molecule has 1 aromatic carbocycles. The van der Waals surface area contributed by atoms with E-state index in [4.69, 9.17) is 9.47 Å². The lowest BCUT2D eigenvalue weighted by molar-refractivity contribution is 0.0643. The van der Waals surface area contributed by atoms with E-state index in [-0.39, 0.29) is 12.4 Å². The topological polar surface area (TPSA) is 33.7 Å². The molecule has 1 aromatic rings. The zero-order valence-electron chi connectivity index (χ0n) is 12.1. The third-order valence-corrected chi connectivity index (χ3v) is 3.40. The van der Waals surface area contributed by atoms with E-state index in [1.54, 1.807) is 0 Å². The Hall–Kier alpha value is -0.810. The monoisotopic (exact) mass is 300 g/mol. The number of hydrogen-bond donors (Lipinski definition) is 1. The highest BCUT2D eigenvalue weighted by molar-refractivity contribution is 5.85. The van der Waals surface area contributed by atoms with Gasteiger partial charge in [0.2, 0.25) is 0 Å². The van der Waals surface area contributed by atoms with Crippen molar-refractivity contribution in [1.29, 1.82) is 0 Å². The van der Waals surface area contributed by atoms with Crippen molar-refractivity contribution in [3.8, 4) is 5.75 Å². The average Bonchev–Trinajstić information content (AvgIpc) is 2.45. The van der Waals surface area contributed by atoms with Crippen molar-refractivity contribution in [3.05, 3.63) is 30.3 Å². The number of benzene rings is 1. The van der Waals surface area contributed by atoms with Crippen LogP contribution in [0, 0.1) is 0 Å². The van der Waals surface area contributed by atoms with Crippen molar-refractivity contribution in [2.45, 2.75) is 13.0 Å². The zero-order chi connectivity index (χ0) is 13.3. The number of piperazine rings is 1. The van der Waals surface area contributed by atoms with Gasteiger partial charge in [0.15, 0.2) is 0 Å². The Morgan fingerprint density at radius 2 is 2.00 bits per heavy atom. The number of halogens is 1. The lowest BCUT2D eigenvalue weighted by Crippen LogP contribution is -2.50. The van der Waals surface area contributed by atoms with E-state index < -0.39 is 0 Å². The van der Waals surface area contributed by atoms with Crippen LogP contribution in [0.3, 0.4) is 0 Å². The van der Waals surface area contributed by atoms with Crippen molar-refractivity contribution in [2.24, 2.45) is 0 Å². The summed E-state index contributed by atoms with van der Waals surface area (Å²) in [4.78, 5) is 2.47. The van der Waals surface area contributed by atoms with Gasteiger partial charge in [-0.2, -0.15) is 0 Å². The fourth-order valence-corrected chi connectivity index (χ4v) is 2.23. The summed E-state index contributed by atoms with van der Waals surface area (Å²) in [7, 11) is 0. The van der Waals surface area contributed by atoms with Crippen molar-refractivity contribution in [2.75, 3.05) is 46.0 Å². The second kappa shape index (κ2) is 10.00. The molecule has 1 aliphatic heterocycles. The highest BCUT2D eigenvalue weighted by atomic mass is 35.5. The lowest BCUT2D eigenvalue weighted by atomic mass is 10.2. The van der Waals surface area contributed by atoms with Crippen LogP contribution in [0.1, 0.15) is 6.92 Å². The van der Waals surface area contributed by atoms with E-state index in [2.05, 4.69) is 17.1 Å². The van der Waals surface area contributed by atoms with Crippen LogP contribution in [0.15, 0.2) is 30.3 Å². The van der Waals surface area contributed by atoms with Crippen molar-refractivity contribution in [1.82, 2.24) is 10.2 Å². The predicted molar refractivity (Wildman–Crippen MR) is 83.9 cm³/mol. The maximum atomic E-state index is 5.62. The van der Waals surface area contributed by atoms with E-state index >= 15 is 0 Å². The largest absolute Gasteiger partial charge is 0.491 e. The highest BCUT2D eigenvalue weighted by Crippen LogP contribution is 2.07. The minimum absolute atomic E-state index is 0. The van der Waals surface area contributed by atoms with Crippen molar-refractivity contribution >= 4 is 12.4 Å². The summed E-state index contributed by atoms with van der Waals surface area (Å²) in [6.45, 7) is 8.58. The van der Waals surface area contributed by atoms with E-state index in [0.717, 1.165) is 38.5 Å². The summed E-state index contributed by atoms with van der Waals surface area (Å²) >= 11 is 0. The summed E-state index contributed by atoms with van der Waals surface area (Å²) in [6.07, 6.45) is 0. The first-order chi connectivity index (χ1) is 9.36. The van der Waals surface area contributed by atoms with Crippen LogP contribution in [0.2, 0.25) is 0 Å². The Balaban J connectivity index is 0.00000200. The molecule has 0 radical (unpaired) electrons. The summed E-state index contributed by atoms with van der Waals surface area (Å²) in [5.74, 6) is 0.904. The molecule has 0 aliphatic carbocycles. The fraction of sp³-hybridized carbons (Fsp3) is 0.600. The molecule has 0 spiro atoms. The molecule has 0 amide bonds. The molecule has 5 heteroatoms. The van der Waals surface area contributed by atoms with Gasteiger partial charge in [-0.1, -0.05) is 18.2 Å². The molecule has 114 valence electrons. The van der Waals surface area contributed by atoms with Crippen LogP contribution in [0.5, 0.6) is 5.75 Å². The Morgan fingerprint density at radius 1 is 1.20 bits per heavy atom. The molecule has 1 fully saturated rings. The van der Waals surface area contributed by atoms with E-state index in [1.165, 1.54) is 0 Å². The normalized spacial score (nSPS) is 19.4. The molecule has 1 atom stereocenters. The Bertz CT molecular complexity index is 351. The van der Waals surface area contributed by atoms with Gasteiger partial charge in [0.05, 0.1) is 13.2 Å². The molecule has 1 N–H and O–H groups in total. The molecule has 1 heterocycles. The number of para-hydroxylation sites is 1. The Kier molecular flexibility index (Phi) is 8.62. The molecule has 0 unspecified atom stereocenters. The lowest BCUT2D eigenvalue weighted by Gasteiger charge is -2.33. The first-order valence-electron chi connectivity index (χ1n) is 7.06. The molecule has 2 rings (SSSR count). The Morgan fingerprint density at radius 3 is 2.75 bits per heavy atom. The van der Waals surface area contributed by atoms with Crippen LogP contribution < -0.4 is 10.1 Å².